The second-order valence-corrected chi connectivity index (χ2v) is 12.9. The summed E-state index contributed by atoms with van der Waals surface area (Å²) in [7, 11) is 1.65. The average Bonchev–Trinajstić information content (AvgIpc) is 3.70. The molecule has 2 aliphatic heterocycles. The second-order valence-electron chi connectivity index (χ2n) is 12.5. The SMILES string of the molecule is C1C[C@@H]2COCC1N2.COCCOCCOc1nn(C2CCCCC2)cc1Nc1ncc(-c2ccc(Cl)c(O[C@@H](C)CN=CN=CN)c2)cn1. The highest BCUT2D eigenvalue weighted by atomic mass is 35.5. The molecule has 6 rings (SSSR count). The predicted octanol–water partition coefficient (Wildman–Crippen LogP) is 5.20. The number of rotatable bonds is 16. The van der Waals surface area contributed by atoms with Crippen LogP contribution in [-0.4, -0.2) is 104 Å². The monoisotopic (exact) mass is 711 g/mol. The molecule has 3 aliphatic rings. The number of methoxy groups -OCH3 is 1. The summed E-state index contributed by atoms with van der Waals surface area (Å²) >= 11 is 6.39. The molecule has 1 aliphatic carbocycles. The van der Waals surface area contributed by atoms with Crippen LogP contribution in [0.1, 0.15) is 57.9 Å². The number of fused-ring (bicyclic) bond motifs is 2. The number of aromatic nitrogens is 4. The van der Waals surface area contributed by atoms with Gasteiger partial charge >= 0.3 is 0 Å². The molecule has 0 amide bonds. The quantitative estimate of drug-likeness (QED) is 0.102. The van der Waals surface area contributed by atoms with Crippen LogP contribution in [0.2, 0.25) is 5.02 Å². The summed E-state index contributed by atoms with van der Waals surface area (Å²) in [5.74, 6) is 1.47. The molecule has 1 saturated carbocycles. The Morgan fingerprint density at radius 1 is 1.06 bits per heavy atom. The number of nitrogens with two attached hydrogens (primary N) is 1. The van der Waals surface area contributed by atoms with Gasteiger partial charge in [-0.1, -0.05) is 36.9 Å². The first-order chi connectivity index (χ1) is 24.5. The number of ether oxygens (including phenoxy) is 5. The highest BCUT2D eigenvalue weighted by molar-refractivity contribution is 6.32. The lowest BCUT2D eigenvalue weighted by Gasteiger charge is -2.21. The molecule has 272 valence electrons. The number of anilines is 2. The third kappa shape index (κ3) is 11.6. The summed E-state index contributed by atoms with van der Waals surface area (Å²) in [5, 5.41) is 12.0. The molecule has 4 N–H and O–H groups in total. The molecule has 3 aromatic rings. The van der Waals surface area contributed by atoms with E-state index in [2.05, 4.69) is 30.6 Å². The molecule has 14 nitrogen and oxygen atoms in total. The molecule has 1 unspecified atom stereocenters. The normalized spacial score (nSPS) is 19.7. The summed E-state index contributed by atoms with van der Waals surface area (Å²) < 4.78 is 29.8. The molecule has 2 saturated heterocycles. The van der Waals surface area contributed by atoms with Gasteiger partial charge in [-0.05, 0) is 50.3 Å². The van der Waals surface area contributed by atoms with E-state index in [1.165, 1.54) is 44.8 Å². The molecule has 0 radical (unpaired) electrons. The molecular formula is C35H50ClN9O5. The van der Waals surface area contributed by atoms with Crippen LogP contribution in [-0.2, 0) is 14.2 Å². The fourth-order valence-electron chi connectivity index (χ4n) is 6.03. The first-order valence-corrected chi connectivity index (χ1v) is 17.8. The van der Waals surface area contributed by atoms with E-state index in [4.69, 9.17) is 46.1 Å². The highest BCUT2D eigenvalue weighted by Crippen LogP contribution is 2.34. The Balaban J connectivity index is 0.000000526. The Labute approximate surface area is 299 Å². The van der Waals surface area contributed by atoms with Gasteiger partial charge in [-0.3, -0.25) is 9.67 Å². The van der Waals surface area contributed by atoms with Gasteiger partial charge in [-0.25, -0.2) is 15.0 Å². The van der Waals surface area contributed by atoms with E-state index in [0.717, 1.165) is 37.2 Å². The fourth-order valence-corrected chi connectivity index (χ4v) is 6.19. The molecule has 1 aromatic carbocycles. The van der Waals surface area contributed by atoms with Gasteiger partial charge in [0.1, 0.15) is 30.5 Å². The van der Waals surface area contributed by atoms with Crippen molar-refractivity contribution in [1.82, 2.24) is 25.1 Å². The van der Waals surface area contributed by atoms with Crippen LogP contribution in [0.5, 0.6) is 11.6 Å². The first-order valence-electron chi connectivity index (χ1n) is 17.4. The maximum atomic E-state index is 6.39. The number of morpholine rings is 1. The largest absolute Gasteiger partial charge is 0.487 e. The molecule has 3 fully saturated rings. The maximum Gasteiger partial charge on any atom is 0.257 e. The van der Waals surface area contributed by atoms with Crippen LogP contribution in [0.3, 0.4) is 0 Å². The minimum atomic E-state index is -0.215. The van der Waals surface area contributed by atoms with E-state index >= 15 is 0 Å². The van der Waals surface area contributed by atoms with E-state index < -0.39 is 0 Å². The lowest BCUT2D eigenvalue weighted by atomic mass is 9.96. The summed E-state index contributed by atoms with van der Waals surface area (Å²) in [4.78, 5) is 17.0. The van der Waals surface area contributed by atoms with Crippen LogP contribution in [0.4, 0.5) is 11.6 Å². The van der Waals surface area contributed by atoms with Crippen molar-refractivity contribution in [2.75, 3.05) is 58.6 Å². The van der Waals surface area contributed by atoms with E-state index in [1.807, 2.05) is 29.9 Å². The number of halogens is 1. The van der Waals surface area contributed by atoms with Crippen molar-refractivity contribution in [2.45, 2.75) is 76.1 Å². The van der Waals surface area contributed by atoms with Crippen LogP contribution in [0.15, 0.2) is 46.8 Å². The Kier molecular flexibility index (Phi) is 15.1. The Morgan fingerprint density at radius 3 is 2.54 bits per heavy atom. The van der Waals surface area contributed by atoms with E-state index in [-0.39, 0.29) is 6.10 Å². The van der Waals surface area contributed by atoms with Crippen molar-refractivity contribution in [2.24, 2.45) is 15.7 Å². The lowest BCUT2D eigenvalue weighted by Crippen LogP contribution is -2.41. The third-order valence-electron chi connectivity index (χ3n) is 8.61. The maximum absolute atomic E-state index is 6.39. The van der Waals surface area contributed by atoms with Crippen molar-refractivity contribution in [3.8, 4) is 22.8 Å². The van der Waals surface area contributed by atoms with Crippen LogP contribution >= 0.6 is 11.6 Å². The lowest BCUT2D eigenvalue weighted by molar-refractivity contribution is 0.0536. The number of nitrogens with zero attached hydrogens (tertiary/aromatic N) is 6. The Hall–Kier alpha value is -3.82. The zero-order chi connectivity index (χ0) is 35.0. The van der Waals surface area contributed by atoms with Crippen LogP contribution in [0, 0.1) is 0 Å². The van der Waals surface area contributed by atoms with Gasteiger partial charge in [0, 0.05) is 37.2 Å². The summed E-state index contributed by atoms with van der Waals surface area (Å²) in [6.45, 7) is 6.05. The molecule has 15 heteroatoms. The zero-order valence-electron chi connectivity index (χ0n) is 29.0. The van der Waals surface area contributed by atoms with Gasteiger partial charge in [0.2, 0.25) is 5.95 Å². The van der Waals surface area contributed by atoms with Crippen molar-refractivity contribution >= 4 is 35.9 Å². The van der Waals surface area contributed by atoms with Gasteiger partial charge in [0.15, 0.2) is 0 Å². The van der Waals surface area contributed by atoms with Gasteiger partial charge in [0.05, 0.1) is 63.2 Å². The third-order valence-corrected chi connectivity index (χ3v) is 8.92. The van der Waals surface area contributed by atoms with Crippen molar-refractivity contribution < 1.29 is 23.7 Å². The smallest absolute Gasteiger partial charge is 0.257 e. The van der Waals surface area contributed by atoms with E-state index in [1.54, 1.807) is 25.6 Å². The molecule has 50 heavy (non-hydrogen) atoms. The van der Waals surface area contributed by atoms with Crippen molar-refractivity contribution in [3.05, 3.63) is 41.8 Å². The van der Waals surface area contributed by atoms with Crippen molar-refractivity contribution in [3.63, 3.8) is 0 Å². The predicted molar refractivity (Wildman–Crippen MR) is 195 cm³/mol. The molecular weight excluding hydrogens is 662 g/mol. The van der Waals surface area contributed by atoms with Gasteiger partial charge < -0.3 is 40.1 Å². The molecule has 3 atom stereocenters. The molecule has 0 spiro atoms. The standard InChI is InChI=1S/C29H39ClN8O4.C6H11NO/c1-21(15-32-20-33-19-31)42-27-14-22(8-9-25(27)30)23-16-34-29(35-17-23)36-26-18-38(24-6-4-3-5-7-24)37-28(26)41-13-12-40-11-10-39-2;1-2-6-4-8-3-5(1)7-6/h8-9,14,16-21,24H,3-7,10-13,15H2,1-2H3,(H2,31,32,33)(H,34,35,36);5-7H,1-4H2/t21-;5-,6?/m01/s1. The number of hydrogen-bond acceptors (Lipinski definition) is 11. The van der Waals surface area contributed by atoms with Gasteiger partial charge in [-0.15, -0.1) is 5.10 Å². The average molecular weight is 712 g/mol. The first kappa shape index (κ1) is 37.4. The number of hydrogen-bond donors (Lipinski definition) is 3. The Morgan fingerprint density at radius 2 is 1.82 bits per heavy atom. The number of aliphatic imine (C=N–C) groups is 2. The minimum absolute atomic E-state index is 0.215. The van der Waals surface area contributed by atoms with Gasteiger partial charge in [0.25, 0.3) is 5.88 Å². The highest BCUT2D eigenvalue weighted by Gasteiger charge is 2.27. The van der Waals surface area contributed by atoms with E-state index in [0.29, 0.717) is 79.4 Å². The number of benzene rings is 1. The number of nitrogens with one attached hydrogen (secondary N) is 2. The topological polar surface area (TPSA) is 165 Å². The minimum Gasteiger partial charge on any atom is -0.487 e. The van der Waals surface area contributed by atoms with Crippen LogP contribution in [0.25, 0.3) is 11.1 Å². The van der Waals surface area contributed by atoms with Crippen LogP contribution < -0.4 is 25.8 Å². The summed E-state index contributed by atoms with van der Waals surface area (Å²) in [5.41, 5.74) is 7.61. The molecule has 2 aromatic heterocycles. The molecule has 4 heterocycles. The summed E-state index contributed by atoms with van der Waals surface area (Å²) in [6, 6.07) is 7.28. The van der Waals surface area contributed by atoms with Gasteiger partial charge in [-0.2, -0.15) is 0 Å². The second kappa shape index (κ2) is 20.1. The Bertz CT molecular complexity index is 1490. The molecule has 2 bridgehead atoms. The summed E-state index contributed by atoms with van der Waals surface area (Å²) in [6.07, 6.45) is 16.4. The zero-order valence-corrected chi connectivity index (χ0v) is 29.8. The fraction of sp³-hybridized carbons (Fsp3) is 0.571. The van der Waals surface area contributed by atoms with Crippen molar-refractivity contribution in [1.29, 1.82) is 0 Å². The van der Waals surface area contributed by atoms with E-state index in [9.17, 15) is 0 Å².